The Morgan fingerprint density at radius 2 is 1.57 bits per heavy atom. The molecule has 3 fully saturated rings. The van der Waals surface area contributed by atoms with E-state index in [2.05, 4.69) is 20.5 Å². The summed E-state index contributed by atoms with van der Waals surface area (Å²) in [5.74, 6) is 0.876. The quantitative estimate of drug-likeness (QED) is 0.359. The first-order valence-corrected chi connectivity index (χ1v) is 16.6. The van der Waals surface area contributed by atoms with Gasteiger partial charge in [-0.15, -0.1) is 0 Å². The van der Waals surface area contributed by atoms with Crippen molar-refractivity contribution in [2.45, 2.75) is 83.4 Å². The minimum absolute atomic E-state index is 0.0406. The molecule has 12 nitrogen and oxygen atoms in total. The van der Waals surface area contributed by atoms with Crippen LogP contribution >= 0.6 is 0 Å². The van der Waals surface area contributed by atoms with Crippen LogP contribution in [-0.4, -0.2) is 93.5 Å². The highest BCUT2D eigenvalue weighted by Gasteiger charge is 2.32. The number of imidazole rings is 1. The van der Waals surface area contributed by atoms with Gasteiger partial charge in [0.25, 0.3) is 6.43 Å². The maximum Gasteiger partial charge on any atom is 0.410 e. The van der Waals surface area contributed by atoms with Crippen LogP contribution in [0.2, 0.25) is 0 Å². The number of carbonyl (C=O) groups excluding carboxylic acids is 2. The van der Waals surface area contributed by atoms with Gasteiger partial charge < -0.3 is 29.9 Å². The number of rotatable bonds is 7. The molecule has 2 aromatic heterocycles. The molecule has 1 saturated carbocycles. The van der Waals surface area contributed by atoms with Crippen molar-refractivity contribution >= 4 is 34.8 Å². The normalized spacial score (nSPS) is 21.2. The number of carbonyl (C=O) groups is 2. The molecule has 6 rings (SSSR count). The Morgan fingerprint density at radius 3 is 2.26 bits per heavy atom. The highest BCUT2D eigenvalue weighted by molar-refractivity contribution is 5.80. The van der Waals surface area contributed by atoms with Crippen LogP contribution in [0.25, 0.3) is 16.9 Å². The van der Waals surface area contributed by atoms with Gasteiger partial charge in [-0.1, -0.05) is 12.1 Å². The van der Waals surface area contributed by atoms with Gasteiger partial charge in [0.05, 0.1) is 24.2 Å². The second kappa shape index (κ2) is 14.0. The van der Waals surface area contributed by atoms with Crippen LogP contribution < -0.4 is 15.5 Å². The van der Waals surface area contributed by atoms with Crippen molar-refractivity contribution in [1.29, 1.82) is 0 Å². The predicted molar refractivity (Wildman–Crippen MR) is 173 cm³/mol. The molecule has 1 aliphatic carbocycles. The average molecular weight is 655 g/mol. The van der Waals surface area contributed by atoms with Gasteiger partial charge in [-0.25, -0.2) is 18.6 Å². The zero-order chi connectivity index (χ0) is 33.1. The molecule has 2 N–H and O–H groups in total. The Labute approximate surface area is 273 Å². The number of hydrogen-bond acceptors (Lipinski definition) is 9. The standard InChI is InChI=1S/C33H44F2N8O4/c1-33(2,3)47-32(45)42-14-12-21(13-15-42)30(44)36-22-8-10-23(11-9-22)37-31-39-26(41-16-18-46-19-17-41)20-27(40-31)43-25-7-5-4-6-24(25)38-29(43)28(34)35/h4-7,20-23,28H,8-19H2,1-3H3,(H,36,44)(H,37,39,40)/t22-,23-. The molecule has 47 heavy (non-hydrogen) atoms. The van der Waals surface area contributed by atoms with Gasteiger partial charge in [0, 0.05) is 50.2 Å². The summed E-state index contributed by atoms with van der Waals surface area (Å²) in [4.78, 5) is 43.0. The number of piperidine rings is 1. The first-order valence-electron chi connectivity index (χ1n) is 16.6. The third kappa shape index (κ3) is 7.91. The Balaban J connectivity index is 1.10. The Bertz CT molecular complexity index is 1560. The molecule has 0 atom stereocenters. The Kier molecular flexibility index (Phi) is 9.76. The molecule has 0 spiro atoms. The van der Waals surface area contributed by atoms with E-state index in [4.69, 9.17) is 19.4 Å². The zero-order valence-corrected chi connectivity index (χ0v) is 27.3. The molecule has 2 amide bonds. The number of nitrogens with one attached hydrogen (secondary N) is 2. The number of aromatic nitrogens is 4. The van der Waals surface area contributed by atoms with Gasteiger partial charge in [-0.2, -0.15) is 9.97 Å². The van der Waals surface area contributed by atoms with Crippen LogP contribution in [0.15, 0.2) is 30.3 Å². The molecule has 2 aliphatic heterocycles. The number of amides is 2. The minimum Gasteiger partial charge on any atom is -0.444 e. The topological polar surface area (TPSA) is 127 Å². The Hall–Kier alpha value is -4.07. The number of benzene rings is 1. The van der Waals surface area contributed by atoms with Gasteiger partial charge in [0.1, 0.15) is 17.2 Å². The number of alkyl halides is 2. The number of halogens is 2. The van der Waals surface area contributed by atoms with Crippen LogP contribution in [-0.2, 0) is 14.3 Å². The van der Waals surface area contributed by atoms with Crippen molar-refractivity contribution in [3.05, 3.63) is 36.2 Å². The number of hydrogen-bond donors (Lipinski definition) is 2. The number of anilines is 2. The third-order valence-electron chi connectivity index (χ3n) is 8.97. The summed E-state index contributed by atoms with van der Waals surface area (Å²) >= 11 is 0. The maximum atomic E-state index is 14.2. The molecular formula is C33H44F2N8O4. The summed E-state index contributed by atoms with van der Waals surface area (Å²) in [6, 6.07) is 8.90. The predicted octanol–water partition coefficient (Wildman–Crippen LogP) is 5.08. The number of nitrogens with zero attached hydrogens (tertiary/aromatic N) is 6. The molecule has 0 unspecified atom stereocenters. The van der Waals surface area contributed by atoms with Crippen LogP contribution in [0.3, 0.4) is 0 Å². The largest absolute Gasteiger partial charge is 0.444 e. The van der Waals surface area contributed by atoms with Crippen molar-refractivity contribution in [3.63, 3.8) is 0 Å². The summed E-state index contributed by atoms with van der Waals surface area (Å²) in [6.45, 7) is 8.91. The number of morpholine rings is 1. The van der Waals surface area contributed by atoms with E-state index >= 15 is 0 Å². The first kappa shape index (κ1) is 32.9. The summed E-state index contributed by atoms with van der Waals surface area (Å²) < 4.78 is 40.8. The minimum atomic E-state index is -2.79. The molecule has 3 aliphatic rings. The first-order chi connectivity index (χ1) is 22.5. The van der Waals surface area contributed by atoms with Gasteiger partial charge >= 0.3 is 6.09 Å². The fourth-order valence-corrected chi connectivity index (χ4v) is 6.52. The van der Waals surface area contributed by atoms with E-state index in [1.165, 1.54) is 4.57 Å². The smallest absolute Gasteiger partial charge is 0.410 e. The molecule has 2 saturated heterocycles. The lowest BCUT2D eigenvalue weighted by atomic mass is 9.90. The summed E-state index contributed by atoms with van der Waals surface area (Å²) in [5, 5.41) is 6.70. The Morgan fingerprint density at radius 1 is 0.915 bits per heavy atom. The molecule has 14 heteroatoms. The highest BCUT2D eigenvalue weighted by Crippen LogP contribution is 2.30. The average Bonchev–Trinajstić information content (AvgIpc) is 3.46. The van der Waals surface area contributed by atoms with Crippen molar-refractivity contribution in [3.8, 4) is 5.82 Å². The van der Waals surface area contributed by atoms with E-state index in [-0.39, 0.29) is 35.8 Å². The molecule has 1 aromatic carbocycles. The van der Waals surface area contributed by atoms with Crippen LogP contribution in [0.1, 0.15) is 71.5 Å². The van der Waals surface area contributed by atoms with Gasteiger partial charge in [0.2, 0.25) is 11.9 Å². The van der Waals surface area contributed by atoms with E-state index in [9.17, 15) is 18.4 Å². The van der Waals surface area contributed by atoms with E-state index < -0.39 is 12.0 Å². The highest BCUT2D eigenvalue weighted by atomic mass is 19.3. The van der Waals surface area contributed by atoms with E-state index in [1.807, 2.05) is 20.8 Å². The van der Waals surface area contributed by atoms with Crippen LogP contribution in [0, 0.1) is 5.92 Å². The zero-order valence-electron chi connectivity index (χ0n) is 27.3. The van der Waals surface area contributed by atoms with Gasteiger partial charge in [0.15, 0.2) is 5.82 Å². The molecule has 3 aromatic rings. The van der Waals surface area contributed by atoms with E-state index in [0.29, 0.717) is 80.9 Å². The molecule has 0 radical (unpaired) electrons. The summed E-state index contributed by atoms with van der Waals surface area (Å²) in [5.41, 5.74) is 0.469. The van der Waals surface area contributed by atoms with Crippen molar-refractivity contribution in [2.24, 2.45) is 5.92 Å². The lowest BCUT2D eigenvalue weighted by Gasteiger charge is -2.34. The van der Waals surface area contributed by atoms with Crippen LogP contribution in [0.4, 0.5) is 25.3 Å². The summed E-state index contributed by atoms with van der Waals surface area (Å²) in [7, 11) is 0. The second-order valence-electron chi connectivity index (χ2n) is 13.5. The van der Waals surface area contributed by atoms with E-state index in [0.717, 1.165) is 25.7 Å². The van der Waals surface area contributed by atoms with Crippen molar-refractivity contribution < 1.29 is 27.8 Å². The number of fused-ring (bicyclic) bond motifs is 1. The van der Waals surface area contributed by atoms with Crippen LogP contribution in [0.5, 0.6) is 0 Å². The molecule has 0 bridgehead atoms. The summed E-state index contributed by atoms with van der Waals surface area (Å²) in [6.07, 6.45) is 1.26. The number of ether oxygens (including phenoxy) is 2. The van der Waals surface area contributed by atoms with Crippen molar-refractivity contribution in [1.82, 2.24) is 29.7 Å². The fourth-order valence-electron chi connectivity index (χ4n) is 6.52. The third-order valence-corrected chi connectivity index (χ3v) is 8.97. The lowest BCUT2D eigenvalue weighted by Crippen LogP contribution is -2.47. The lowest BCUT2D eigenvalue weighted by molar-refractivity contribution is -0.127. The number of para-hydroxylation sites is 2. The molecule has 4 heterocycles. The van der Waals surface area contributed by atoms with Gasteiger partial charge in [-0.05, 0) is 71.4 Å². The SMILES string of the molecule is CC(C)(C)OC(=O)N1CCC(C(=O)N[C@H]2CC[C@H](Nc3nc(N4CCOCC4)cc(-n4c(C(F)F)nc5ccccc54)n3)CC2)CC1. The van der Waals surface area contributed by atoms with E-state index in [1.54, 1.807) is 35.2 Å². The van der Waals surface area contributed by atoms with Gasteiger partial charge in [-0.3, -0.25) is 9.36 Å². The molecule has 254 valence electrons. The molecular weight excluding hydrogens is 610 g/mol. The number of likely N-dealkylation sites (tertiary alicyclic amines) is 1. The monoisotopic (exact) mass is 654 g/mol. The fraction of sp³-hybridized carbons (Fsp3) is 0.606. The van der Waals surface area contributed by atoms with Crippen molar-refractivity contribution in [2.75, 3.05) is 49.6 Å². The second-order valence-corrected chi connectivity index (χ2v) is 13.5. The maximum absolute atomic E-state index is 14.2.